The summed E-state index contributed by atoms with van der Waals surface area (Å²) in [7, 11) is 3.32. The van der Waals surface area contributed by atoms with Crippen LogP contribution in [0.1, 0.15) is 11.3 Å². The van der Waals surface area contributed by atoms with E-state index in [1.165, 1.54) is 5.56 Å². The van der Waals surface area contributed by atoms with Crippen LogP contribution < -0.4 is 9.47 Å². The number of methoxy groups -OCH3 is 2. The Kier molecular flexibility index (Phi) is 4.67. The van der Waals surface area contributed by atoms with Crippen LogP contribution in [-0.2, 0) is 5.75 Å². The van der Waals surface area contributed by atoms with E-state index < -0.39 is 0 Å². The van der Waals surface area contributed by atoms with Crippen molar-refractivity contribution < 1.29 is 9.47 Å². The number of thioether (sulfide) groups is 1. The molecule has 0 N–H and O–H groups in total. The molecule has 118 valence electrons. The molecule has 2 aromatic heterocycles. The lowest BCUT2D eigenvalue weighted by molar-refractivity contribution is 0.413. The van der Waals surface area contributed by atoms with Crippen molar-refractivity contribution >= 4 is 22.7 Å². The summed E-state index contributed by atoms with van der Waals surface area (Å²) in [6, 6.07) is 12.1. The molecular formula is C18H18N2O2S. The van der Waals surface area contributed by atoms with E-state index in [0.717, 1.165) is 38.9 Å². The number of aromatic nitrogens is 2. The minimum atomic E-state index is 0.745. The van der Waals surface area contributed by atoms with Crippen LogP contribution in [0.4, 0.5) is 0 Å². The summed E-state index contributed by atoms with van der Waals surface area (Å²) < 4.78 is 10.5. The van der Waals surface area contributed by atoms with Crippen molar-refractivity contribution in [2.75, 3.05) is 14.2 Å². The molecule has 1 aromatic carbocycles. The first kappa shape index (κ1) is 15.6. The summed E-state index contributed by atoms with van der Waals surface area (Å²) in [5, 5.41) is 2.00. The highest BCUT2D eigenvalue weighted by molar-refractivity contribution is 7.98. The van der Waals surface area contributed by atoms with Crippen LogP contribution >= 0.6 is 11.8 Å². The van der Waals surface area contributed by atoms with Gasteiger partial charge in [0.1, 0.15) is 16.5 Å². The number of aryl methyl sites for hydroxylation is 1. The zero-order chi connectivity index (χ0) is 16.2. The SMILES string of the molecule is COc1ccc(CSc2nc(C)cc3ncc(OC)cc23)cc1. The highest BCUT2D eigenvalue weighted by atomic mass is 32.2. The molecule has 0 saturated heterocycles. The number of pyridine rings is 2. The van der Waals surface area contributed by atoms with Crippen molar-refractivity contribution in [2.45, 2.75) is 17.7 Å². The molecule has 0 aliphatic rings. The monoisotopic (exact) mass is 326 g/mol. The summed E-state index contributed by atoms with van der Waals surface area (Å²) in [5.74, 6) is 2.45. The van der Waals surface area contributed by atoms with E-state index in [1.54, 1.807) is 32.2 Å². The van der Waals surface area contributed by atoms with E-state index in [2.05, 4.69) is 22.1 Å². The van der Waals surface area contributed by atoms with Crippen LogP contribution in [0.2, 0.25) is 0 Å². The summed E-state index contributed by atoms with van der Waals surface area (Å²) in [5.41, 5.74) is 3.13. The third-order valence-corrected chi connectivity index (χ3v) is 4.58. The molecule has 0 fully saturated rings. The van der Waals surface area contributed by atoms with Crippen LogP contribution in [0.5, 0.6) is 11.5 Å². The summed E-state index contributed by atoms with van der Waals surface area (Å²) in [4.78, 5) is 9.12. The van der Waals surface area contributed by atoms with E-state index >= 15 is 0 Å². The van der Waals surface area contributed by atoms with Gasteiger partial charge < -0.3 is 9.47 Å². The first-order valence-corrected chi connectivity index (χ1v) is 8.25. The smallest absolute Gasteiger partial charge is 0.137 e. The van der Waals surface area contributed by atoms with Crippen LogP contribution in [0.25, 0.3) is 10.9 Å². The van der Waals surface area contributed by atoms with Crippen molar-refractivity contribution in [2.24, 2.45) is 0 Å². The number of nitrogens with zero attached hydrogens (tertiary/aromatic N) is 2. The van der Waals surface area contributed by atoms with E-state index in [-0.39, 0.29) is 0 Å². The Morgan fingerprint density at radius 2 is 1.74 bits per heavy atom. The molecule has 5 heteroatoms. The van der Waals surface area contributed by atoms with Gasteiger partial charge in [-0.2, -0.15) is 0 Å². The molecule has 0 unspecified atom stereocenters. The minimum Gasteiger partial charge on any atom is -0.497 e. The molecule has 0 amide bonds. The summed E-state index contributed by atoms with van der Waals surface area (Å²) in [6.07, 6.45) is 1.74. The fourth-order valence-electron chi connectivity index (χ4n) is 2.29. The van der Waals surface area contributed by atoms with Gasteiger partial charge in [-0.1, -0.05) is 12.1 Å². The fourth-order valence-corrected chi connectivity index (χ4v) is 3.31. The lowest BCUT2D eigenvalue weighted by Crippen LogP contribution is -1.92. The summed E-state index contributed by atoms with van der Waals surface area (Å²) >= 11 is 1.70. The number of ether oxygens (including phenoxy) is 2. The third kappa shape index (κ3) is 3.56. The van der Waals surface area contributed by atoms with Gasteiger partial charge in [0.25, 0.3) is 0 Å². The molecular weight excluding hydrogens is 308 g/mol. The first-order chi connectivity index (χ1) is 11.2. The molecule has 23 heavy (non-hydrogen) atoms. The normalized spacial score (nSPS) is 10.7. The molecule has 0 atom stereocenters. The maximum atomic E-state index is 5.28. The fraction of sp³-hybridized carbons (Fsp3) is 0.222. The molecule has 0 bridgehead atoms. The van der Waals surface area contributed by atoms with E-state index in [9.17, 15) is 0 Å². The Morgan fingerprint density at radius 3 is 2.43 bits per heavy atom. The van der Waals surface area contributed by atoms with Gasteiger partial charge in [-0.05, 0) is 36.8 Å². The van der Waals surface area contributed by atoms with Crippen molar-refractivity contribution in [3.63, 3.8) is 0 Å². The number of hydrogen-bond acceptors (Lipinski definition) is 5. The molecule has 0 spiro atoms. The predicted octanol–water partition coefficient (Wildman–Crippen LogP) is 4.25. The van der Waals surface area contributed by atoms with Gasteiger partial charge in [0.2, 0.25) is 0 Å². The van der Waals surface area contributed by atoms with E-state index in [0.29, 0.717) is 0 Å². The molecule has 0 aliphatic carbocycles. The Morgan fingerprint density at radius 1 is 1.00 bits per heavy atom. The topological polar surface area (TPSA) is 44.2 Å². The second kappa shape index (κ2) is 6.87. The molecule has 0 saturated carbocycles. The molecule has 0 radical (unpaired) electrons. The Bertz CT molecular complexity index is 819. The van der Waals surface area contributed by atoms with Crippen molar-refractivity contribution in [3.05, 3.63) is 53.9 Å². The van der Waals surface area contributed by atoms with E-state index in [4.69, 9.17) is 9.47 Å². The maximum Gasteiger partial charge on any atom is 0.137 e. The lowest BCUT2D eigenvalue weighted by Gasteiger charge is -2.09. The summed E-state index contributed by atoms with van der Waals surface area (Å²) in [6.45, 7) is 1.99. The molecule has 3 rings (SSSR count). The standard InChI is InChI=1S/C18H18N2O2S/c1-12-8-17-16(9-15(22-3)10-19-17)18(20-12)23-11-13-4-6-14(21-2)7-5-13/h4-10H,11H2,1-3H3. The van der Waals surface area contributed by atoms with Gasteiger partial charge in [-0.3, -0.25) is 4.98 Å². The highest BCUT2D eigenvalue weighted by Crippen LogP contribution is 2.30. The van der Waals surface area contributed by atoms with Crippen molar-refractivity contribution in [1.29, 1.82) is 0 Å². The third-order valence-electron chi connectivity index (χ3n) is 3.52. The second-order valence-electron chi connectivity index (χ2n) is 5.15. The average Bonchev–Trinajstić information content (AvgIpc) is 2.59. The number of rotatable bonds is 5. The Balaban J connectivity index is 1.88. The second-order valence-corrected chi connectivity index (χ2v) is 6.11. The van der Waals surface area contributed by atoms with Gasteiger partial charge in [0, 0.05) is 16.8 Å². The zero-order valence-electron chi connectivity index (χ0n) is 13.4. The number of benzene rings is 1. The highest BCUT2D eigenvalue weighted by Gasteiger charge is 2.08. The van der Waals surface area contributed by atoms with Crippen LogP contribution in [0.3, 0.4) is 0 Å². The molecule has 4 nitrogen and oxygen atoms in total. The van der Waals surface area contributed by atoms with Crippen LogP contribution in [0.15, 0.2) is 47.6 Å². The molecule has 0 aliphatic heterocycles. The number of fused-ring (bicyclic) bond motifs is 1. The maximum absolute atomic E-state index is 5.28. The Hall–Kier alpha value is -2.27. The molecule has 2 heterocycles. The van der Waals surface area contributed by atoms with Gasteiger partial charge in [0.15, 0.2) is 0 Å². The predicted molar refractivity (Wildman–Crippen MR) is 93.4 cm³/mol. The van der Waals surface area contributed by atoms with Crippen LogP contribution in [-0.4, -0.2) is 24.2 Å². The van der Waals surface area contributed by atoms with Gasteiger partial charge in [0.05, 0.1) is 25.9 Å². The van der Waals surface area contributed by atoms with Crippen LogP contribution in [0, 0.1) is 6.92 Å². The van der Waals surface area contributed by atoms with Gasteiger partial charge in [-0.25, -0.2) is 4.98 Å². The largest absolute Gasteiger partial charge is 0.497 e. The number of hydrogen-bond donors (Lipinski definition) is 0. The van der Waals surface area contributed by atoms with Gasteiger partial charge in [-0.15, -0.1) is 11.8 Å². The quantitative estimate of drug-likeness (QED) is 0.656. The van der Waals surface area contributed by atoms with Gasteiger partial charge >= 0.3 is 0 Å². The average molecular weight is 326 g/mol. The Labute approximate surface area is 139 Å². The lowest BCUT2D eigenvalue weighted by atomic mass is 10.2. The minimum absolute atomic E-state index is 0.745. The van der Waals surface area contributed by atoms with Crippen molar-refractivity contribution in [3.8, 4) is 11.5 Å². The molecule has 3 aromatic rings. The van der Waals surface area contributed by atoms with Crippen molar-refractivity contribution in [1.82, 2.24) is 9.97 Å². The zero-order valence-corrected chi connectivity index (χ0v) is 14.2. The van der Waals surface area contributed by atoms with E-state index in [1.807, 2.05) is 31.2 Å². The first-order valence-electron chi connectivity index (χ1n) is 7.26.